The highest BCUT2D eigenvalue weighted by Gasteiger charge is 2.10. The van der Waals surface area contributed by atoms with E-state index in [2.05, 4.69) is 30.5 Å². The van der Waals surface area contributed by atoms with E-state index in [-0.39, 0.29) is 24.0 Å². The van der Waals surface area contributed by atoms with Crippen molar-refractivity contribution in [2.24, 2.45) is 12.9 Å². The van der Waals surface area contributed by atoms with Crippen molar-refractivity contribution in [2.45, 2.75) is 0 Å². The van der Waals surface area contributed by atoms with Crippen molar-refractivity contribution in [3.05, 3.63) is 6.33 Å². The standard InChI is InChI=1S/C7H10N8O2/c1-15-3-9-5(14-15)17-7-11-4(13-8)10-6(12-7)16-2/h3H,8H2,1-2H3,(H,10,11,12,13). The minimum atomic E-state index is -0.0176. The van der Waals surface area contributed by atoms with E-state index in [0.717, 1.165) is 0 Å². The molecule has 0 saturated carbocycles. The van der Waals surface area contributed by atoms with Gasteiger partial charge in [-0.3, -0.25) is 10.1 Å². The second-order valence-electron chi connectivity index (χ2n) is 2.88. The Morgan fingerprint density at radius 1 is 1.24 bits per heavy atom. The molecule has 0 spiro atoms. The minimum absolute atomic E-state index is 0.0176. The van der Waals surface area contributed by atoms with Gasteiger partial charge in [0.25, 0.3) is 0 Å². The van der Waals surface area contributed by atoms with Gasteiger partial charge in [0.2, 0.25) is 5.95 Å². The summed E-state index contributed by atoms with van der Waals surface area (Å²) in [7, 11) is 3.12. The lowest BCUT2D eigenvalue weighted by molar-refractivity contribution is 0.352. The zero-order valence-electron chi connectivity index (χ0n) is 9.15. The fourth-order valence-electron chi connectivity index (χ4n) is 0.987. The molecule has 10 nitrogen and oxygen atoms in total. The van der Waals surface area contributed by atoms with Crippen LogP contribution in [0.5, 0.6) is 18.0 Å². The summed E-state index contributed by atoms with van der Waals surface area (Å²) in [5, 5.41) is 3.91. The average Bonchev–Trinajstić information content (AvgIpc) is 2.74. The van der Waals surface area contributed by atoms with Gasteiger partial charge in [0.1, 0.15) is 6.33 Å². The van der Waals surface area contributed by atoms with Crippen LogP contribution in [0.1, 0.15) is 0 Å². The van der Waals surface area contributed by atoms with Crippen molar-refractivity contribution in [3.63, 3.8) is 0 Å². The number of nitrogen functional groups attached to an aromatic ring is 1. The molecule has 0 saturated heterocycles. The van der Waals surface area contributed by atoms with Crippen LogP contribution in [0.2, 0.25) is 0 Å². The zero-order chi connectivity index (χ0) is 12.3. The maximum Gasteiger partial charge on any atom is 0.343 e. The monoisotopic (exact) mass is 238 g/mol. The van der Waals surface area contributed by atoms with Gasteiger partial charge in [-0.2, -0.15) is 15.0 Å². The second kappa shape index (κ2) is 4.57. The highest BCUT2D eigenvalue weighted by Crippen LogP contribution is 2.16. The molecule has 90 valence electrons. The number of anilines is 1. The first-order valence-corrected chi connectivity index (χ1v) is 4.51. The summed E-state index contributed by atoms with van der Waals surface area (Å²) in [6, 6.07) is 0.165. The van der Waals surface area contributed by atoms with Gasteiger partial charge < -0.3 is 9.47 Å². The van der Waals surface area contributed by atoms with Crippen molar-refractivity contribution >= 4 is 5.95 Å². The van der Waals surface area contributed by atoms with E-state index in [1.165, 1.54) is 18.1 Å². The van der Waals surface area contributed by atoms with Gasteiger partial charge >= 0.3 is 18.0 Å². The van der Waals surface area contributed by atoms with Gasteiger partial charge in [0.05, 0.1) is 7.11 Å². The Balaban J connectivity index is 2.25. The van der Waals surface area contributed by atoms with Crippen molar-refractivity contribution in [2.75, 3.05) is 12.5 Å². The molecule has 0 aromatic carbocycles. The van der Waals surface area contributed by atoms with Crippen molar-refractivity contribution in [3.8, 4) is 18.0 Å². The van der Waals surface area contributed by atoms with E-state index in [0.29, 0.717) is 0 Å². The van der Waals surface area contributed by atoms with Crippen LogP contribution in [0.25, 0.3) is 0 Å². The van der Waals surface area contributed by atoms with E-state index in [1.807, 2.05) is 0 Å². The Morgan fingerprint density at radius 3 is 2.59 bits per heavy atom. The number of hydrogen-bond acceptors (Lipinski definition) is 9. The number of hydrogen-bond donors (Lipinski definition) is 2. The Labute approximate surface area is 95.8 Å². The first-order chi connectivity index (χ1) is 8.21. The number of nitrogens with zero attached hydrogens (tertiary/aromatic N) is 6. The number of rotatable bonds is 4. The summed E-state index contributed by atoms with van der Waals surface area (Å²) >= 11 is 0. The third-order valence-corrected chi connectivity index (χ3v) is 1.67. The molecule has 2 heterocycles. The number of hydrazine groups is 1. The molecule has 0 aliphatic rings. The fourth-order valence-corrected chi connectivity index (χ4v) is 0.987. The van der Waals surface area contributed by atoms with Crippen molar-refractivity contribution in [1.82, 2.24) is 29.7 Å². The van der Waals surface area contributed by atoms with Crippen LogP contribution in [-0.4, -0.2) is 36.8 Å². The lowest BCUT2D eigenvalue weighted by Crippen LogP contribution is -2.12. The van der Waals surface area contributed by atoms with Crippen LogP contribution in [0.4, 0.5) is 5.95 Å². The summed E-state index contributed by atoms with van der Waals surface area (Å²) in [6.07, 6.45) is 1.48. The predicted octanol–water partition coefficient (Wildman–Crippen LogP) is -0.913. The zero-order valence-corrected chi connectivity index (χ0v) is 9.15. The molecule has 0 unspecified atom stereocenters. The number of ether oxygens (including phenoxy) is 2. The van der Waals surface area contributed by atoms with Crippen molar-refractivity contribution < 1.29 is 9.47 Å². The third-order valence-electron chi connectivity index (χ3n) is 1.67. The summed E-state index contributed by atoms with van der Waals surface area (Å²) in [6.45, 7) is 0. The molecule has 2 aromatic heterocycles. The Hall–Kier alpha value is -2.49. The van der Waals surface area contributed by atoms with E-state index in [9.17, 15) is 0 Å². The number of aryl methyl sites for hydroxylation is 1. The van der Waals surface area contributed by atoms with Gasteiger partial charge in [-0.05, 0) is 0 Å². The average molecular weight is 238 g/mol. The molecule has 17 heavy (non-hydrogen) atoms. The molecular weight excluding hydrogens is 228 g/mol. The lowest BCUT2D eigenvalue weighted by Gasteiger charge is -2.03. The lowest BCUT2D eigenvalue weighted by atomic mass is 10.9. The molecule has 2 aromatic rings. The van der Waals surface area contributed by atoms with E-state index in [1.54, 1.807) is 7.05 Å². The van der Waals surface area contributed by atoms with Gasteiger partial charge in [0.15, 0.2) is 0 Å². The van der Waals surface area contributed by atoms with Crippen molar-refractivity contribution in [1.29, 1.82) is 0 Å². The van der Waals surface area contributed by atoms with Crippen LogP contribution in [0, 0.1) is 0 Å². The fraction of sp³-hybridized carbons (Fsp3) is 0.286. The summed E-state index contributed by atoms with van der Waals surface area (Å²) < 4.78 is 11.5. The van der Waals surface area contributed by atoms with Crippen LogP contribution in [0.15, 0.2) is 6.33 Å². The Morgan fingerprint density at radius 2 is 2.00 bits per heavy atom. The predicted molar refractivity (Wildman–Crippen MR) is 55.3 cm³/mol. The molecule has 0 amide bonds. The highest BCUT2D eigenvalue weighted by molar-refractivity contribution is 5.26. The summed E-state index contributed by atoms with van der Waals surface area (Å²) in [5.74, 6) is 5.30. The van der Waals surface area contributed by atoms with Crippen LogP contribution in [-0.2, 0) is 7.05 Å². The number of aromatic nitrogens is 6. The first kappa shape index (κ1) is 11.0. The van der Waals surface area contributed by atoms with Crippen LogP contribution < -0.4 is 20.7 Å². The second-order valence-corrected chi connectivity index (χ2v) is 2.88. The minimum Gasteiger partial charge on any atom is -0.467 e. The van der Waals surface area contributed by atoms with Crippen LogP contribution in [0.3, 0.4) is 0 Å². The molecule has 10 heteroatoms. The van der Waals surface area contributed by atoms with Gasteiger partial charge in [-0.1, -0.05) is 0 Å². The maximum absolute atomic E-state index is 5.20. The van der Waals surface area contributed by atoms with E-state index in [4.69, 9.17) is 15.3 Å². The third kappa shape index (κ3) is 2.55. The number of nitrogens with one attached hydrogen (secondary N) is 1. The molecule has 0 aliphatic heterocycles. The smallest absolute Gasteiger partial charge is 0.343 e. The van der Waals surface area contributed by atoms with Gasteiger partial charge in [0, 0.05) is 7.05 Å². The molecule has 0 atom stereocenters. The molecule has 0 radical (unpaired) electrons. The molecule has 0 fully saturated rings. The number of nitrogens with two attached hydrogens (primary N) is 1. The normalized spacial score (nSPS) is 10.1. The van der Waals surface area contributed by atoms with Crippen LogP contribution >= 0.6 is 0 Å². The Kier molecular flexibility index (Phi) is 2.96. The summed E-state index contributed by atoms with van der Waals surface area (Å²) in [4.78, 5) is 15.4. The SMILES string of the molecule is COc1nc(NN)nc(Oc2ncn(C)n2)n1. The largest absolute Gasteiger partial charge is 0.467 e. The quantitative estimate of drug-likeness (QED) is 0.513. The van der Waals surface area contributed by atoms with Gasteiger partial charge in [-0.25, -0.2) is 5.84 Å². The van der Waals surface area contributed by atoms with E-state index >= 15 is 0 Å². The Bertz CT molecular complexity index is 490. The van der Waals surface area contributed by atoms with E-state index < -0.39 is 0 Å². The van der Waals surface area contributed by atoms with Gasteiger partial charge in [-0.15, -0.1) is 10.1 Å². The molecule has 3 N–H and O–H groups in total. The molecule has 0 bridgehead atoms. The first-order valence-electron chi connectivity index (χ1n) is 4.51. The molecular formula is C7H10N8O2. The summed E-state index contributed by atoms with van der Waals surface area (Å²) in [5.41, 5.74) is 2.26. The molecule has 0 aliphatic carbocycles. The topological polar surface area (TPSA) is 126 Å². The highest BCUT2D eigenvalue weighted by atomic mass is 16.5. The number of methoxy groups -OCH3 is 1. The molecule has 2 rings (SSSR count). The maximum atomic E-state index is 5.20.